The first-order valence-electron chi connectivity index (χ1n) is 8.50. The molecular weight excluding hydrogens is 371 g/mol. The first kappa shape index (κ1) is 19.6. The van der Waals surface area contributed by atoms with Crippen molar-refractivity contribution >= 4 is 28.3 Å². The van der Waals surface area contributed by atoms with Crippen LogP contribution in [-0.2, 0) is 4.79 Å². The summed E-state index contributed by atoms with van der Waals surface area (Å²) in [5.74, 6) is -5.30. The molecule has 0 fully saturated rings. The number of anilines is 1. The molecule has 0 aliphatic rings. The smallest absolute Gasteiger partial charge is 0.238 e. The standard InChI is InChI=1S/C20H18F3N3O2/c1-11-18(12-5-3-4-6-14(12)24-11)16(27)9-26(2)10-17(28)25-15-8-7-13(21)19(22)20(15)23/h3-8,24H,9-10H2,1-2H3,(H,25,28). The molecule has 0 bridgehead atoms. The number of aryl methyl sites for hydroxylation is 1. The van der Waals surface area contributed by atoms with E-state index < -0.39 is 29.0 Å². The fourth-order valence-corrected chi connectivity index (χ4v) is 3.07. The summed E-state index contributed by atoms with van der Waals surface area (Å²) in [6.45, 7) is 1.52. The number of para-hydroxylation sites is 1. The van der Waals surface area contributed by atoms with E-state index in [1.807, 2.05) is 24.3 Å². The molecule has 3 rings (SSSR count). The van der Waals surface area contributed by atoms with Gasteiger partial charge in [-0.25, -0.2) is 13.2 Å². The van der Waals surface area contributed by atoms with Crippen molar-refractivity contribution < 1.29 is 22.8 Å². The Labute approximate surface area is 159 Å². The third-order valence-corrected chi connectivity index (χ3v) is 4.31. The van der Waals surface area contributed by atoms with Crippen LogP contribution in [0.4, 0.5) is 18.9 Å². The maximum absolute atomic E-state index is 13.6. The van der Waals surface area contributed by atoms with Gasteiger partial charge in [-0.2, -0.15) is 0 Å². The molecule has 1 heterocycles. The van der Waals surface area contributed by atoms with E-state index in [9.17, 15) is 22.8 Å². The van der Waals surface area contributed by atoms with E-state index in [1.54, 1.807) is 14.0 Å². The number of carbonyl (C=O) groups is 2. The average molecular weight is 389 g/mol. The fraction of sp³-hybridized carbons (Fsp3) is 0.200. The molecule has 0 unspecified atom stereocenters. The normalized spacial score (nSPS) is 11.2. The van der Waals surface area contributed by atoms with Gasteiger partial charge in [0.15, 0.2) is 23.2 Å². The third-order valence-electron chi connectivity index (χ3n) is 4.31. The van der Waals surface area contributed by atoms with Gasteiger partial charge >= 0.3 is 0 Å². The van der Waals surface area contributed by atoms with E-state index in [1.165, 1.54) is 4.90 Å². The number of fused-ring (bicyclic) bond motifs is 1. The summed E-state index contributed by atoms with van der Waals surface area (Å²) >= 11 is 0. The number of rotatable bonds is 6. The van der Waals surface area contributed by atoms with Crippen LogP contribution in [0.25, 0.3) is 10.9 Å². The van der Waals surface area contributed by atoms with Crippen LogP contribution in [0.5, 0.6) is 0 Å². The van der Waals surface area contributed by atoms with Crippen LogP contribution >= 0.6 is 0 Å². The maximum Gasteiger partial charge on any atom is 0.238 e. The number of halogens is 3. The lowest BCUT2D eigenvalue weighted by atomic mass is 10.1. The van der Waals surface area contributed by atoms with E-state index in [0.29, 0.717) is 5.56 Å². The highest BCUT2D eigenvalue weighted by atomic mass is 19.2. The topological polar surface area (TPSA) is 65.2 Å². The lowest BCUT2D eigenvalue weighted by Gasteiger charge is -2.16. The SMILES string of the molecule is Cc1[nH]c2ccccc2c1C(=O)CN(C)CC(=O)Nc1ccc(F)c(F)c1F. The van der Waals surface area contributed by atoms with Gasteiger partial charge in [0.25, 0.3) is 0 Å². The van der Waals surface area contributed by atoms with Crippen molar-refractivity contribution in [1.29, 1.82) is 0 Å². The van der Waals surface area contributed by atoms with Gasteiger partial charge in [-0.1, -0.05) is 18.2 Å². The van der Waals surface area contributed by atoms with E-state index in [4.69, 9.17) is 0 Å². The van der Waals surface area contributed by atoms with Crippen molar-refractivity contribution in [3.05, 3.63) is 65.1 Å². The summed E-state index contributed by atoms with van der Waals surface area (Å²) < 4.78 is 39.8. The van der Waals surface area contributed by atoms with Crippen LogP contribution in [0.15, 0.2) is 36.4 Å². The zero-order valence-corrected chi connectivity index (χ0v) is 15.3. The number of hydrogen-bond donors (Lipinski definition) is 2. The Kier molecular flexibility index (Phi) is 5.51. The van der Waals surface area contributed by atoms with Crippen LogP contribution in [0, 0.1) is 24.4 Å². The second kappa shape index (κ2) is 7.85. The largest absolute Gasteiger partial charge is 0.358 e. The molecule has 0 saturated heterocycles. The minimum absolute atomic E-state index is 0.0453. The molecule has 0 atom stereocenters. The molecule has 1 aromatic heterocycles. The minimum atomic E-state index is -1.66. The van der Waals surface area contributed by atoms with Crippen LogP contribution in [0.3, 0.4) is 0 Å². The summed E-state index contributed by atoms with van der Waals surface area (Å²) in [6, 6.07) is 9.06. The predicted octanol–water partition coefficient (Wildman–Crippen LogP) is 3.65. The summed E-state index contributed by atoms with van der Waals surface area (Å²) in [5, 5.41) is 2.98. The van der Waals surface area contributed by atoms with Crippen LogP contribution in [0.1, 0.15) is 16.1 Å². The lowest BCUT2D eigenvalue weighted by molar-refractivity contribution is -0.116. The van der Waals surface area contributed by atoms with Crippen molar-refractivity contribution in [2.24, 2.45) is 0 Å². The monoisotopic (exact) mass is 389 g/mol. The van der Waals surface area contributed by atoms with Crippen LogP contribution in [-0.4, -0.2) is 41.7 Å². The van der Waals surface area contributed by atoms with Crippen LogP contribution in [0.2, 0.25) is 0 Å². The number of nitrogens with one attached hydrogen (secondary N) is 2. The minimum Gasteiger partial charge on any atom is -0.358 e. The highest BCUT2D eigenvalue weighted by molar-refractivity contribution is 6.10. The lowest BCUT2D eigenvalue weighted by Crippen LogP contribution is -2.34. The van der Waals surface area contributed by atoms with Gasteiger partial charge < -0.3 is 10.3 Å². The van der Waals surface area contributed by atoms with Crippen LogP contribution < -0.4 is 5.32 Å². The van der Waals surface area contributed by atoms with Gasteiger partial charge in [0.05, 0.1) is 18.8 Å². The predicted molar refractivity (Wildman–Crippen MR) is 99.8 cm³/mol. The summed E-state index contributed by atoms with van der Waals surface area (Å²) in [6.07, 6.45) is 0. The molecule has 146 valence electrons. The highest BCUT2D eigenvalue weighted by Gasteiger charge is 2.20. The molecule has 0 radical (unpaired) electrons. The molecular formula is C20H18F3N3O2. The van der Waals surface area contributed by atoms with Crippen molar-refractivity contribution in [3.63, 3.8) is 0 Å². The molecule has 0 saturated carbocycles. The molecule has 3 aromatic rings. The van der Waals surface area contributed by atoms with Gasteiger partial charge in [-0.3, -0.25) is 14.5 Å². The second-order valence-corrected chi connectivity index (χ2v) is 6.54. The second-order valence-electron chi connectivity index (χ2n) is 6.54. The number of Topliss-reactive ketones (excluding diaryl/α,β-unsaturated/α-hetero) is 1. The Morgan fingerprint density at radius 1 is 1.04 bits per heavy atom. The number of nitrogens with zero attached hydrogens (tertiary/aromatic N) is 1. The summed E-state index contributed by atoms with van der Waals surface area (Å²) in [4.78, 5) is 29.3. The first-order chi connectivity index (χ1) is 13.3. The van der Waals surface area contributed by atoms with Crippen molar-refractivity contribution in [1.82, 2.24) is 9.88 Å². The van der Waals surface area contributed by atoms with Gasteiger partial charge in [0.1, 0.15) is 0 Å². The Balaban J connectivity index is 1.66. The van der Waals surface area contributed by atoms with E-state index in [-0.39, 0.29) is 18.9 Å². The Morgan fingerprint density at radius 3 is 2.50 bits per heavy atom. The molecule has 2 aromatic carbocycles. The first-order valence-corrected chi connectivity index (χ1v) is 8.50. The quantitative estimate of drug-likeness (QED) is 0.500. The zero-order valence-electron chi connectivity index (χ0n) is 15.3. The number of carbonyl (C=O) groups excluding carboxylic acids is 2. The zero-order chi connectivity index (χ0) is 20.4. The number of aromatic amines is 1. The summed E-state index contributed by atoms with van der Waals surface area (Å²) in [7, 11) is 1.56. The molecule has 8 heteroatoms. The Bertz CT molecular complexity index is 1060. The van der Waals surface area contributed by atoms with Crippen molar-refractivity contribution in [3.8, 4) is 0 Å². The van der Waals surface area contributed by atoms with Crippen molar-refractivity contribution in [2.45, 2.75) is 6.92 Å². The molecule has 0 spiro atoms. The number of likely N-dealkylation sites (N-methyl/N-ethyl adjacent to an activating group) is 1. The maximum atomic E-state index is 13.6. The van der Waals surface area contributed by atoms with Crippen molar-refractivity contribution in [2.75, 3.05) is 25.5 Å². The van der Waals surface area contributed by atoms with E-state index in [2.05, 4.69) is 10.3 Å². The van der Waals surface area contributed by atoms with Gasteiger partial charge in [-0.15, -0.1) is 0 Å². The number of hydrogen-bond acceptors (Lipinski definition) is 3. The molecule has 1 amide bonds. The summed E-state index contributed by atoms with van der Waals surface area (Å²) in [5.41, 5.74) is 1.66. The molecule has 0 aliphatic heterocycles. The number of amides is 1. The molecule has 0 aliphatic carbocycles. The third kappa shape index (κ3) is 3.91. The fourth-order valence-electron chi connectivity index (χ4n) is 3.07. The number of ketones is 1. The van der Waals surface area contributed by atoms with Gasteiger partial charge in [-0.05, 0) is 32.2 Å². The number of H-pyrrole nitrogens is 1. The number of benzene rings is 2. The van der Waals surface area contributed by atoms with Gasteiger partial charge in [0.2, 0.25) is 5.91 Å². The molecule has 28 heavy (non-hydrogen) atoms. The van der Waals surface area contributed by atoms with E-state index in [0.717, 1.165) is 28.7 Å². The Morgan fingerprint density at radius 2 is 1.75 bits per heavy atom. The average Bonchev–Trinajstić information content (AvgIpc) is 2.97. The van der Waals surface area contributed by atoms with E-state index >= 15 is 0 Å². The molecule has 2 N–H and O–H groups in total. The Hall–Kier alpha value is -3.13. The number of aromatic nitrogens is 1. The highest BCUT2D eigenvalue weighted by Crippen LogP contribution is 2.23. The van der Waals surface area contributed by atoms with Gasteiger partial charge in [0, 0.05) is 22.2 Å². The molecule has 5 nitrogen and oxygen atoms in total.